The highest BCUT2D eigenvalue weighted by atomic mass is 16.5. The summed E-state index contributed by atoms with van der Waals surface area (Å²) in [5.74, 6) is 1.92. The van der Waals surface area contributed by atoms with Gasteiger partial charge in [0.05, 0.1) is 19.8 Å². The number of piperidine rings is 1. The molecule has 1 aromatic heterocycles. The molecule has 2 aliphatic heterocycles. The Balaban J connectivity index is 1.51. The van der Waals surface area contributed by atoms with Crippen LogP contribution in [0, 0.1) is 0 Å². The van der Waals surface area contributed by atoms with Crippen molar-refractivity contribution in [2.75, 3.05) is 57.4 Å². The van der Waals surface area contributed by atoms with Gasteiger partial charge in [0.1, 0.15) is 5.82 Å². The van der Waals surface area contributed by atoms with Crippen molar-refractivity contribution < 1.29 is 4.74 Å². The summed E-state index contributed by atoms with van der Waals surface area (Å²) in [4.78, 5) is 14.4. The number of hydrogen-bond acceptors (Lipinski definition) is 5. The number of nitrogens with one attached hydrogen (secondary N) is 2. The lowest BCUT2D eigenvalue weighted by Gasteiger charge is -2.33. The van der Waals surface area contributed by atoms with E-state index in [0.29, 0.717) is 6.54 Å². The molecule has 2 N–H and O–H groups in total. The fourth-order valence-corrected chi connectivity index (χ4v) is 4.10. The molecule has 0 spiro atoms. The second-order valence-electron chi connectivity index (χ2n) is 7.94. The third-order valence-electron chi connectivity index (χ3n) is 5.78. The van der Waals surface area contributed by atoms with Crippen molar-refractivity contribution in [3.63, 3.8) is 0 Å². The molecule has 3 heterocycles. The zero-order chi connectivity index (χ0) is 20.3. The third-order valence-corrected chi connectivity index (χ3v) is 5.78. The molecule has 0 amide bonds. The Morgan fingerprint density at radius 3 is 2.90 bits per heavy atom. The van der Waals surface area contributed by atoms with Gasteiger partial charge in [0, 0.05) is 50.5 Å². The van der Waals surface area contributed by atoms with Crippen LogP contribution in [0.3, 0.4) is 0 Å². The van der Waals surface area contributed by atoms with E-state index in [-0.39, 0.29) is 0 Å². The van der Waals surface area contributed by atoms with Gasteiger partial charge in [-0.05, 0) is 45.7 Å². The number of guanidine groups is 1. The van der Waals surface area contributed by atoms with Crippen LogP contribution in [0.25, 0.3) is 0 Å². The number of pyridine rings is 1. The summed E-state index contributed by atoms with van der Waals surface area (Å²) < 4.78 is 5.48. The second kappa shape index (κ2) is 12.0. The van der Waals surface area contributed by atoms with Crippen LogP contribution in [0.2, 0.25) is 0 Å². The number of rotatable bonds is 8. The van der Waals surface area contributed by atoms with E-state index in [4.69, 9.17) is 9.73 Å². The molecular weight excluding hydrogens is 364 g/mol. The molecule has 3 rings (SSSR count). The van der Waals surface area contributed by atoms with Gasteiger partial charge >= 0.3 is 0 Å². The highest BCUT2D eigenvalue weighted by Gasteiger charge is 2.17. The Bertz CT molecular complexity index is 631. The summed E-state index contributed by atoms with van der Waals surface area (Å²) in [7, 11) is 0. The van der Waals surface area contributed by atoms with E-state index in [9.17, 15) is 0 Å². The van der Waals surface area contributed by atoms with Gasteiger partial charge in [-0.1, -0.05) is 12.5 Å². The highest BCUT2D eigenvalue weighted by Crippen LogP contribution is 2.19. The average Bonchev–Trinajstić information content (AvgIpc) is 2.77. The van der Waals surface area contributed by atoms with Crippen molar-refractivity contribution in [1.82, 2.24) is 20.5 Å². The van der Waals surface area contributed by atoms with Crippen LogP contribution in [0.1, 0.15) is 45.1 Å². The summed E-state index contributed by atoms with van der Waals surface area (Å²) in [5, 5.41) is 6.87. The molecule has 0 radical (unpaired) electrons. The summed E-state index contributed by atoms with van der Waals surface area (Å²) in [6, 6.07) is 4.85. The number of nitrogens with zero attached hydrogens (tertiary/aromatic N) is 4. The number of ether oxygens (including phenoxy) is 1. The van der Waals surface area contributed by atoms with Crippen molar-refractivity contribution in [2.45, 2.75) is 52.1 Å². The van der Waals surface area contributed by atoms with E-state index in [1.54, 1.807) is 0 Å². The molecule has 162 valence electrons. The quantitative estimate of drug-likeness (QED) is 0.395. The highest BCUT2D eigenvalue weighted by molar-refractivity contribution is 5.79. The van der Waals surface area contributed by atoms with Crippen LogP contribution in [0.15, 0.2) is 23.3 Å². The maximum absolute atomic E-state index is 5.48. The van der Waals surface area contributed by atoms with Crippen LogP contribution in [0.5, 0.6) is 0 Å². The number of likely N-dealkylation sites (tertiary alicyclic amines) is 1. The van der Waals surface area contributed by atoms with Crippen LogP contribution in [-0.4, -0.2) is 74.4 Å². The maximum Gasteiger partial charge on any atom is 0.191 e. The van der Waals surface area contributed by atoms with Gasteiger partial charge in [-0.25, -0.2) is 9.98 Å². The normalized spacial score (nSPS) is 21.2. The third kappa shape index (κ3) is 6.85. The van der Waals surface area contributed by atoms with Crippen LogP contribution in [0.4, 0.5) is 5.82 Å². The maximum atomic E-state index is 5.48. The number of aliphatic imine (C=N–C) groups is 1. The van der Waals surface area contributed by atoms with Crippen molar-refractivity contribution >= 4 is 11.8 Å². The zero-order valence-corrected chi connectivity index (χ0v) is 18.2. The lowest BCUT2D eigenvalue weighted by molar-refractivity contribution is 0.122. The Morgan fingerprint density at radius 2 is 2.10 bits per heavy atom. The summed E-state index contributed by atoms with van der Waals surface area (Å²) in [6.45, 7) is 12.6. The molecule has 2 aliphatic rings. The Hall–Kier alpha value is -1.86. The summed E-state index contributed by atoms with van der Waals surface area (Å²) in [5.41, 5.74) is 1.16. The largest absolute Gasteiger partial charge is 0.378 e. The Labute approximate surface area is 175 Å². The van der Waals surface area contributed by atoms with E-state index < -0.39 is 0 Å². The molecule has 7 heteroatoms. The Kier molecular flexibility index (Phi) is 9.02. The molecule has 2 saturated heterocycles. The number of anilines is 1. The predicted octanol–water partition coefficient (Wildman–Crippen LogP) is 2.24. The lowest BCUT2D eigenvalue weighted by Crippen LogP contribution is -2.41. The van der Waals surface area contributed by atoms with E-state index in [1.165, 1.54) is 25.8 Å². The molecule has 1 atom stereocenters. The standard InChI is InChI=1S/C22H38N6O/c1-3-23-22(25-11-7-13-27-12-5-4-8-19(27)2)26-18-20-9-6-10-24-21(20)28-14-16-29-17-15-28/h6,9-10,19H,3-5,7-8,11-18H2,1-2H3,(H2,23,25,26). The van der Waals surface area contributed by atoms with Crippen LogP contribution < -0.4 is 15.5 Å². The van der Waals surface area contributed by atoms with Gasteiger partial charge in [-0.2, -0.15) is 0 Å². The van der Waals surface area contributed by atoms with E-state index >= 15 is 0 Å². The van der Waals surface area contributed by atoms with E-state index in [0.717, 1.165) is 75.7 Å². The van der Waals surface area contributed by atoms with Crippen LogP contribution >= 0.6 is 0 Å². The molecule has 0 aliphatic carbocycles. The SMILES string of the molecule is CCNC(=NCc1cccnc1N1CCOCC1)NCCCN1CCCCC1C. The molecule has 0 bridgehead atoms. The van der Waals surface area contributed by atoms with E-state index in [2.05, 4.69) is 45.3 Å². The number of hydrogen-bond donors (Lipinski definition) is 2. The minimum Gasteiger partial charge on any atom is -0.378 e. The zero-order valence-electron chi connectivity index (χ0n) is 18.2. The van der Waals surface area contributed by atoms with Crippen molar-refractivity contribution in [1.29, 1.82) is 0 Å². The topological polar surface area (TPSA) is 65.0 Å². The molecule has 0 saturated carbocycles. The van der Waals surface area contributed by atoms with Crippen molar-refractivity contribution in [3.05, 3.63) is 23.9 Å². The first-order valence-electron chi connectivity index (χ1n) is 11.3. The van der Waals surface area contributed by atoms with Gasteiger partial charge in [0.15, 0.2) is 5.96 Å². The average molecular weight is 403 g/mol. The molecule has 2 fully saturated rings. The number of aromatic nitrogens is 1. The number of morpholine rings is 1. The van der Waals surface area contributed by atoms with E-state index in [1.807, 2.05) is 12.3 Å². The summed E-state index contributed by atoms with van der Waals surface area (Å²) >= 11 is 0. The molecular formula is C22H38N6O. The molecule has 7 nitrogen and oxygen atoms in total. The first-order chi connectivity index (χ1) is 14.3. The van der Waals surface area contributed by atoms with Gasteiger partial charge in [0.2, 0.25) is 0 Å². The monoisotopic (exact) mass is 402 g/mol. The fourth-order valence-electron chi connectivity index (χ4n) is 4.10. The predicted molar refractivity (Wildman–Crippen MR) is 120 cm³/mol. The van der Waals surface area contributed by atoms with Crippen LogP contribution in [-0.2, 0) is 11.3 Å². The molecule has 1 unspecified atom stereocenters. The molecule has 0 aromatic carbocycles. The fraction of sp³-hybridized carbons (Fsp3) is 0.727. The van der Waals surface area contributed by atoms with Gasteiger partial charge in [0.25, 0.3) is 0 Å². The summed E-state index contributed by atoms with van der Waals surface area (Å²) in [6.07, 6.45) is 7.07. The molecule has 29 heavy (non-hydrogen) atoms. The molecule has 1 aromatic rings. The Morgan fingerprint density at radius 1 is 1.24 bits per heavy atom. The van der Waals surface area contributed by atoms with Gasteiger partial charge in [-0.15, -0.1) is 0 Å². The first kappa shape index (κ1) is 21.8. The minimum atomic E-state index is 0.624. The second-order valence-corrected chi connectivity index (χ2v) is 7.94. The van der Waals surface area contributed by atoms with Crippen molar-refractivity contribution in [2.24, 2.45) is 4.99 Å². The first-order valence-corrected chi connectivity index (χ1v) is 11.3. The minimum absolute atomic E-state index is 0.624. The van der Waals surface area contributed by atoms with Crippen molar-refractivity contribution in [3.8, 4) is 0 Å². The van der Waals surface area contributed by atoms with Gasteiger partial charge in [-0.3, -0.25) is 0 Å². The lowest BCUT2D eigenvalue weighted by atomic mass is 10.0. The van der Waals surface area contributed by atoms with Gasteiger partial charge < -0.3 is 25.2 Å². The smallest absolute Gasteiger partial charge is 0.191 e.